The molecule has 2 aliphatic rings. The first-order valence-corrected chi connectivity index (χ1v) is 4.17. The average molecular weight is 124 g/mol. The summed E-state index contributed by atoms with van der Waals surface area (Å²) in [6, 6.07) is 0. The topological polar surface area (TPSA) is 0 Å². The molecule has 2 rings (SSSR count). The van der Waals surface area contributed by atoms with Crippen molar-refractivity contribution in [3.63, 3.8) is 0 Å². The van der Waals surface area contributed by atoms with Gasteiger partial charge in [-0.05, 0) is 36.0 Å². The molecule has 2 aliphatic carbocycles. The molecule has 3 atom stereocenters. The molecule has 0 nitrogen and oxygen atoms in total. The molecule has 52 valence electrons. The molecule has 0 heteroatoms. The van der Waals surface area contributed by atoms with E-state index in [-0.39, 0.29) is 0 Å². The van der Waals surface area contributed by atoms with Gasteiger partial charge in [-0.25, -0.2) is 0 Å². The lowest BCUT2D eigenvalue weighted by Crippen LogP contribution is -1.92. The maximum atomic E-state index is 2.41. The third kappa shape index (κ3) is 0.595. The van der Waals surface area contributed by atoms with Crippen molar-refractivity contribution in [3.8, 4) is 0 Å². The third-order valence-corrected chi connectivity index (χ3v) is 3.49. The summed E-state index contributed by atoms with van der Waals surface area (Å²) in [7, 11) is 0. The van der Waals surface area contributed by atoms with Crippen LogP contribution >= 0.6 is 0 Å². The predicted molar refractivity (Wildman–Crippen MR) is 39.2 cm³/mol. The Morgan fingerprint density at radius 3 is 2.00 bits per heavy atom. The fraction of sp³-hybridized carbons (Fsp3) is 1.00. The first kappa shape index (κ1) is 5.76. The third-order valence-electron chi connectivity index (χ3n) is 3.49. The Bertz CT molecular complexity index is 137. The zero-order valence-corrected chi connectivity index (χ0v) is 6.65. The van der Waals surface area contributed by atoms with E-state index >= 15 is 0 Å². The van der Waals surface area contributed by atoms with Crippen LogP contribution in [0.4, 0.5) is 0 Å². The molecule has 0 aromatic heterocycles. The summed E-state index contributed by atoms with van der Waals surface area (Å²) in [5.41, 5.74) is 0.897. The van der Waals surface area contributed by atoms with Crippen molar-refractivity contribution in [3.05, 3.63) is 0 Å². The van der Waals surface area contributed by atoms with Crippen LogP contribution < -0.4 is 0 Å². The second-order valence-corrected chi connectivity index (χ2v) is 4.39. The number of rotatable bonds is 1. The van der Waals surface area contributed by atoms with Crippen LogP contribution in [-0.4, -0.2) is 0 Å². The van der Waals surface area contributed by atoms with E-state index < -0.39 is 0 Å². The van der Waals surface area contributed by atoms with Crippen molar-refractivity contribution in [1.29, 1.82) is 0 Å². The summed E-state index contributed by atoms with van der Waals surface area (Å²) in [5.74, 6) is 3.13. The highest BCUT2D eigenvalue weighted by Crippen LogP contribution is 2.76. The predicted octanol–water partition coefficient (Wildman–Crippen LogP) is 2.69. The maximum absolute atomic E-state index is 2.41. The summed E-state index contributed by atoms with van der Waals surface area (Å²) >= 11 is 0. The largest absolute Gasteiger partial charge is 0.0625 e. The molecule has 0 radical (unpaired) electrons. The van der Waals surface area contributed by atoms with Gasteiger partial charge in [0.25, 0.3) is 0 Å². The molecule has 0 saturated heterocycles. The van der Waals surface area contributed by atoms with Crippen LogP contribution in [0.2, 0.25) is 0 Å². The minimum absolute atomic E-state index is 0.897. The van der Waals surface area contributed by atoms with E-state index in [1.54, 1.807) is 6.42 Å². The lowest BCUT2D eigenvalue weighted by molar-refractivity contribution is 0.497. The minimum atomic E-state index is 0.897. The molecule has 0 aliphatic heterocycles. The van der Waals surface area contributed by atoms with Gasteiger partial charge < -0.3 is 0 Å². The molecule has 0 N–H and O–H groups in total. The van der Waals surface area contributed by atoms with Crippen LogP contribution in [0.25, 0.3) is 0 Å². The van der Waals surface area contributed by atoms with E-state index in [4.69, 9.17) is 0 Å². The van der Waals surface area contributed by atoms with E-state index in [1.165, 1.54) is 6.42 Å². The van der Waals surface area contributed by atoms with Crippen LogP contribution in [0.15, 0.2) is 0 Å². The Morgan fingerprint density at radius 2 is 1.89 bits per heavy atom. The summed E-state index contributed by atoms with van der Waals surface area (Å²) < 4.78 is 0. The van der Waals surface area contributed by atoms with E-state index in [1.807, 2.05) is 0 Å². The van der Waals surface area contributed by atoms with Crippen LogP contribution in [0, 0.1) is 23.2 Å². The molecule has 0 aromatic rings. The van der Waals surface area contributed by atoms with Gasteiger partial charge in [0.15, 0.2) is 0 Å². The van der Waals surface area contributed by atoms with Crippen LogP contribution in [0.1, 0.15) is 33.6 Å². The zero-order valence-electron chi connectivity index (χ0n) is 6.65. The van der Waals surface area contributed by atoms with Gasteiger partial charge in [-0.3, -0.25) is 0 Å². The SMILES string of the molecule is CC(C)C1CC12CC2C. The van der Waals surface area contributed by atoms with Crippen molar-refractivity contribution in [2.24, 2.45) is 23.2 Å². The Labute approximate surface area is 57.6 Å². The average Bonchev–Trinajstić information content (AvgIpc) is 2.54. The molecule has 0 bridgehead atoms. The quantitative estimate of drug-likeness (QED) is 0.504. The monoisotopic (exact) mass is 124 g/mol. The lowest BCUT2D eigenvalue weighted by Gasteiger charge is -1.99. The van der Waals surface area contributed by atoms with Crippen molar-refractivity contribution in [1.82, 2.24) is 0 Å². The fourth-order valence-corrected chi connectivity index (χ4v) is 2.56. The highest BCUT2D eigenvalue weighted by Gasteiger charge is 2.68. The van der Waals surface area contributed by atoms with E-state index in [0.29, 0.717) is 0 Å². The number of hydrogen-bond acceptors (Lipinski definition) is 0. The van der Waals surface area contributed by atoms with Gasteiger partial charge in [-0.1, -0.05) is 20.8 Å². The van der Waals surface area contributed by atoms with Crippen LogP contribution in [0.3, 0.4) is 0 Å². The smallest absolute Gasteiger partial charge is 0.0235 e. The number of hydrogen-bond donors (Lipinski definition) is 0. The molecule has 3 unspecified atom stereocenters. The molecule has 1 spiro atoms. The first-order valence-electron chi connectivity index (χ1n) is 4.17. The summed E-state index contributed by atoms with van der Waals surface area (Å²) in [4.78, 5) is 0. The minimum Gasteiger partial charge on any atom is -0.0625 e. The van der Waals surface area contributed by atoms with Crippen molar-refractivity contribution >= 4 is 0 Å². The molecule has 2 saturated carbocycles. The normalized spacial score (nSPS) is 54.7. The van der Waals surface area contributed by atoms with Crippen LogP contribution in [-0.2, 0) is 0 Å². The first-order chi connectivity index (χ1) is 4.17. The Hall–Kier alpha value is 0. The van der Waals surface area contributed by atoms with Gasteiger partial charge in [0.2, 0.25) is 0 Å². The van der Waals surface area contributed by atoms with Crippen LogP contribution in [0.5, 0.6) is 0 Å². The van der Waals surface area contributed by atoms with Gasteiger partial charge >= 0.3 is 0 Å². The van der Waals surface area contributed by atoms with Gasteiger partial charge in [0.1, 0.15) is 0 Å². The van der Waals surface area contributed by atoms with Gasteiger partial charge in [-0.15, -0.1) is 0 Å². The highest BCUT2D eigenvalue weighted by atomic mass is 14.7. The van der Waals surface area contributed by atoms with E-state index in [9.17, 15) is 0 Å². The molecular weight excluding hydrogens is 108 g/mol. The Balaban J connectivity index is 1.97. The second kappa shape index (κ2) is 1.36. The summed E-state index contributed by atoms with van der Waals surface area (Å²) in [6.07, 6.45) is 3.08. The molecule has 0 amide bonds. The van der Waals surface area contributed by atoms with E-state index in [2.05, 4.69) is 20.8 Å². The lowest BCUT2D eigenvalue weighted by atomic mass is 10.1. The Morgan fingerprint density at radius 1 is 1.33 bits per heavy atom. The molecule has 9 heavy (non-hydrogen) atoms. The molecule has 2 fully saturated rings. The van der Waals surface area contributed by atoms with Gasteiger partial charge in [0.05, 0.1) is 0 Å². The Kier molecular flexibility index (Phi) is 0.868. The van der Waals surface area contributed by atoms with Crippen molar-refractivity contribution < 1.29 is 0 Å². The maximum Gasteiger partial charge on any atom is -0.0235 e. The molecule has 0 heterocycles. The van der Waals surface area contributed by atoms with Gasteiger partial charge in [-0.2, -0.15) is 0 Å². The second-order valence-electron chi connectivity index (χ2n) is 4.39. The zero-order chi connectivity index (χ0) is 6.65. The summed E-state index contributed by atoms with van der Waals surface area (Å²) in [6.45, 7) is 7.14. The standard InChI is InChI=1S/C9H16/c1-6(2)8-5-9(8)4-7(9)3/h6-8H,4-5H2,1-3H3. The molecular formula is C9H16. The highest BCUT2D eigenvalue weighted by molar-refractivity contribution is 5.17. The van der Waals surface area contributed by atoms with Crippen molar-refractivity contribution in [2.75, 3.05) is 0 Å². The summed E-state index contributed by atoms with van der Waals surface area (Å²) in [5, 5.41) is 0. The molecule has 0 aromatic carbocycles. The van der Waals surface area contributed by atoms with E-state index in [0.717, 1.165) is 23.2 Å². The van der Waals surface area contributed by atoms with Gasteiger partial charge in [0, 0.05) is 0 Å². The van der Waals surface area contributed by atoms with Crippen molar-refractivity contribution in [2.45, 2.75) is 33.6 Å². The fourth-order valence-electron chi connectivity index (χ4n) is 2.56.